The van der Waals surface area contributed by atoms with Crippen molar-refractivity contribution in [3.63, 3.8) is 0 Å². The van der Waals surface area contributed by atoms with Crippen molar-refractivity contribution in [3.05, 3.63) is 109 Å². The fourth-order valence-electron chi connectivity index (χ4n) is 7.72. The summed E-state index contributed by atoms with van der Waals surface area (Å²) in [5.41, 5.74) is 0. The van der Waals surface area contributed by atoms with Gasteiger partial charge in [0.15, 0.2) is 0 Å². The van der Waals surface area contributed by atoms with Gasteiger partial charge in [-0.25, -0.2) is 4.57 Å². The Hall–Kier alpha value is -3.33. The molecule has 0 aromatic carbocycles. The van der Waals surface area contributed by atoms with Gasteiger partial charge < -0.3 is 19.4 Å². The van der Waals surface area contributed by atoms with Crippen molar-refractivity contribution in [2.45, 2.75) is 238 Å². The first-order valence-electron chi connectivity index (χ1n) is 29.2. The smallest absolute Gasteiger partial charge is 0.456 e. The second kappa shape index (κ2) is 52.1. The Balaban J connectivity index is 5.51. The van der Waals surface area contributed by atoms with Crippen LogP contribution in [0.5, 0.6) is 0 Å². The van der Waals surface area contributed by atoms with Crippen LogP contribution in [0.2, 0.25) is 0 Å². The number of amides is 1. The number of likely N-dealkylation sites (N-methyl/N-ethyl adjacent to an activating group) is 1. The van der Waals surface area contributed by atoms with Gasteiger partial charge in [0.25, 0.3) is 0 Å². The summed E-state index contributed by atoms with van der Waals surface area (Å²) >= 11 is 0. The van der Waals surface area contributed by atoms with Crippen molar-refractivity contribution in [3.8, 4) is 0 Å². The predicted molar refractivity (Wildman–Crippen MR) is 313 cm³/mol. The molecule has 3 unspecified atom stereocenters. The molecule has 0 rings (SSSR count). The number of hydrogen-bond acceptors (Lipinski definition) is 6. The Morgan fingerprint density at radius 2 is 0.932 bits per heavy atom. The minimum atomic E-state index is -4.47. The van der Waals surface area contributed by atoms with Crippen LogP contribution in [-0.2, 0) is 27.9 Å². The van der Waals surface area contributed by atoms with Gasteiger partial charge in [-0.3, -0.25) is 18.6 Å². The van der Waals surface area contributed by atoms with E-state index in [0.717, 1.165) is 109 Å². The van der Waals surface area contributed by atoms with E-state index in [2.05, 4.69) is 111 Å². The van der Waals surface area contributed by atoms with Crippen LogP contribution in [-0.4, -0.2) is 74.3 Å². The molecule has 0 bridgehead atoms. The van der Waals surface area contributed by atoms with Crippen LogP contribution >= 0.6 is 7.82 Å². The van der Waals surface area contributed by atoms with Crippen molar-refractivity contribution in [2.75, 3.05) is 40.9 Å². The molecule has 0 saturated heterocycles. The van der Waals surface area contributed by atoms with E-state index in [1.807, 2.05) is 45.4 Å². The number of unbranched alkanes of at least 4 members (excludes halogenated alkanes) is 20. The summed E-state index contributed by atoms with van der Waals surface area (Å²) in [5, 5.41) is 3.02. The molecule has 1 amide bonds. The van der Waals surface area contributed by atoms with Crippen LogP contribution in [0.4, 0.5) is 0 Å². The molecule has 3 atom stereocenters. The largest absolute Gasteiger partial charge is 0.472 e. The number of nitrogens with zero attached hydrogens (tertiary/aromatic N) is 1. The van der Waals surface area contributed by atoms with Gasteiger partial charge in [0.2, 0.25) is 5.91 Å². The molecule has 0 aliphatic heterocycles. The molecule has 0 saturated carbocycles. The van der Waals surface area contributed by atoms with Crippen molar-refractivity contribution in [1.82, 2.24) is 5.32 Å². The van der Waals surface area contributed by atoms with Gasteiger partial charge in [0.1, 0.15) is 19.3 Å². The van der Waals surface area contributed by atoms with E-state index in [1.165, 1.54) is 77.0 Å². The number of phosphoric ester groups is 1. The third-order valence-corrected chi connectivity index (χ3v) is 13.2. The van der Waals surface area contributed by atoms with Gasteiger partial charge in [0.05, 0.1) is 33.8 Å². The maximum Gasteiger partial charge on any atom is 0.472 e. The summed E-state index contributed by atoms with van der Waals surface area (Å²) in [5.74, 6) is -0.623. The number of hydrogen-bond donors (Lipinski definition) is 2. The Morgan fingerprint density at radius 1 is 0.507 bits per heavy atom. The minimum absolute atomic E-state index is 0.0212. The van der Waals surface area contributed by atoms with Crippen LogP contribution in [0.1, 0.15) is 226 Å². The topological polar surface area (TPSA) is 111 Å². The highest BCUT2D eigenvalue weighted by Gasteiger charge is 2.30. The van der Waals surface area contributed by atoms with Crippen LogP contribution in [0.25, 0.3) is 0 Å². The standard InChI is InChI=1S/C63H109N2O7P/c1-7-10-13-16-19-22-25-28-30-31-32-33-35-38-41-44-47-50-53-56-63(67)72-61(54-51-48-45-42-39-36-27-24-21-18-15-12-9-3)60(59-71-73(68,69)70-58-57-65(4,5)6)64-62(66)55-52-49-46-43-40-37-34-29-26-23-20-17-14-11-8-2/h10,13,19-20,22-23,26,28-30,32-33,38,41,47,50-51,54,60-61H,7-9,11-12,14-18,21,24-25,27,31,34-37,39-40,42-46,48-49,52-53,55-59H2,1-6H3,(H-,64,66,68,69)/p+1/b13-10-,22-19-,23-20+,29-26+,30-28-,33-32-,41-38-,50-47-,54-51+. The van der Waals surface area contributed by atoms with E-state index in [0.29, 0.717) is 23.9 Å². The highest BCUT2D eigenvalue weighted by Crippen LogP contribution is 2.43. The zero-order valence-electron chi connectivity index (χ0n) is 47.6. The Bertz CT molecular complexity index is 1620. The lowest BCUT2D eigenvalue weighted by atomic mass is 10.0. The first-order chi connectivity index (χ1) is 35.4. The quantitative estimate of drug-likeness (QED) is 0.0156. The van der Waals surface area contributed by atoms with E-state index in [9.17, 15) is 19.0 Å². The molecule has 0 aromatic heterocycles. The van der Waals surface area contributed by atoms with Gasteiger partial charge in [-0.1, -0.05) is 227 Å². The summed E-state index contributed by atoms with van der Waals surface area (Å²) in [6.45, 7) is 6.79. The number of carbonyl (C=O) groups is 2. The Kier molecular flexibility index (Phi) is 49.7. The molecule has 418 valence electrons. The van der Waals surface area contributed by atoms with Crippen molar-refractivity contribution < 1.29 is 37.3 Å². The Labute approximate surface area is 449 Å². The van der Waals surface area contributed by atoms with Gasteiger partial charge in [-0.15, -0.1) is 0 Å². The number of carbonyl (C=O) groups excluding carboxylic acids is 2. The highest BCUT2D eigenvalue weighted by atomic mass is 31.2. The number of phosphoric acid groups is 1. The SMILES string of the molecule is CC/C=C\C/C=C\C/C=C\C/C=C\C/C=C\C/C=C\CCC(=O)OC(/C=C/CCCCCCCCCCCCC)C(COP(=O)(O)OCC[N+](C)(C)C)NC(=O)CCCCCCCC/C=C/C=C/CCCCC. The minimum Gasteiger partial charge on any atom is -0.456 e. The van der Waals surface area contributed by atoms with Crippen molar-refractivity contribution in [2.24, 2.45) is 0 Å². The first-order valence-corrected chi connectivity index (χ1v) is 30.7. The number of esters is 1. The second-order valence-corrected chi connectivity index (χ2v) is 21.9. The fourth-order valence-corrected chi connectivity index (χ4v) is 8.46. The summed E-state index contributed by atoms with van der Waals surface area (Å²) in [4.78, 5) is 37.6. The third kappa shape index (κ3) is 53.3. The van der Waals surface area contributed by atoms with Gasteiger partial charge in [-0.2, -0.15) is 0 Å². The van der Waals surface area contributed by atoms with Gasteiger partial charge >= 0.3 is 13.8 Å². The molecule has 9 nitrogen and oxygen atoms in total. The van der Waals surface area contributed by atoms with Crippen molar-refractivity contribution >= 4 is 19.7 Å². The number of allylic oxidation sites excluding steroid dienone is 17. The van der Waals surface area contributed by atoms with Crippen LogP contribution in [0.3, 0.4) is 0 Å². The molecule has 0 aromatic rings. The van der Waals surface area contributed by atoms with Crippen LogP contribution in [0.15, 0.2) is 109 Å². The molecule has 0 aliphatic rings. The summed E-state index contributed by atoms with van der Waals surface area (Å²) in [7, 11) is 1.43. The monoisotopic (exact) mass is 1040 g/mol. The normalized spacial score (nSPS) is 14.6. The molecule has 0 spiro atoms. The van der Waals surface area contributed by atoms with E-state index in [-0.39, 0.29) is 25.5 Å². The fraction of sp³-hybridized carbons (Fsp3) is 0.683. The number of rotatable bonds is 51. The molecule has 0 fully saturated rings. The van der Waals surface area contributed by atoms with E-state index < -0.39 is 25.9 Å². The lowest BCUT2D eigenvalue weighted by Crippen LogP contribution is -2.47. The van der Waals surface area contributed by atoms with Gasteiger partial charge in [-0.05, 0) is 96.0 Å². The predicted octanol–water partition coefficient (Wildman–Crippen LogP) is 17.8. The zero-order valence-corrected chi connectivity index (χ0v) is 48.5. The molecule has 10 heteroatoms. The molecule has 0 radical (unpaired) electrons. The zero-order chi connectivity index (χ0) is 53.6. The number of nitrogens with one attached hydrogen (secondary N) is 1. The average Bonchev–Trinajstić information content (AvgIpc) is 3.35. The van der Waals surface area contributed by atoms with Gasteiger partial charge in [0, 0.05) is 12.8 Å². The molecule has 73 heavy (non-hydrogen) atoms. The van der Waals surface area contributed by atoms with Crippen LogP contribution < -0.4 is 5.32 Å². The lowest BCUT2D eigenvalue weighted by molar-refractivity contribution is -0.870. The average molecular weight is 1040 g/mol. The van der Waals surface area contributed by atoms with E-state index in [1.54, 1.807) is 0 Å². The first kappa shape index (κ1) is 69.7. The second-order valence-electron chi connectivity index (χ2n) is 20.5. The molecular formula is C63H110N2O7P+. The van der Waals surface area contributed by atoms with Crippen LogP contribution in [0, 0.1) is 0 Å². The summed E-state index contributed by atoms with van der Waals surface area (Å²) < 4.78 is 30.6. The number of ether oxygens (including phenoxy) is 1. The number of quaternary nitrogens is 1. The third-order valence-electron chi connectivity index (χ3n) is 12.2. The highest BCUT2D eigenvalue weighted by molar-refractivity contribution is 7.47. The summed E-state index contributed by atoms with van der Waals surface area (Å²) in [6, 6.07) is -0.891. The van der Waals surface area contributed by atoms with E-state index >= 15 is 0 Å². The maximum atomic E-state index is 13.5. The molecule has 2 N–H and O–H groups in total. The van der Waals surface area contributed by atoms with E-state index in [4.69, 9.17) is 13.8 Å². The maximum absolute atomic E-state index is 13.5. The van der Waals surface area contributed by atoms with Crippen molar-refractivity contribution in [1.29, 1.82) is 0 Å². The molecular weight excluding hydrogens is 928 g/mol. The Morgan fingerprint density at radius 3 is 1.42 bits per heavy atom. The molecule has 0 heterocycles. The lowest BCUT2D eigenvalue weighted by Gasteiger charge is -2.27. The molecule has 0 aliphatic carbocycles. The summed E-state index contributed by atoms with van der Waals surface area (Å²) in [6.07, 6.45) is 70.9.